The highest BCUT2D eigenvalue weighted by Gasteiger charge is 1.60. The third-order valence-corrected chi connectivity index (χ3v) is 0.409. The summed E-state index contributed by atoms with van der Waals surface area (Å²) in [6, 6.07) is 1.72. The van der Waals surface area contributed by atoms with E-state index in [2.05, 4.69) is 15.4 Å². The van der Waals surface area contributed by atoms with Gasteiger partial charge in [0.1, 0.15) is 0 Å². The van der Waals surface area contributed by atoms with Gasteiger partial charge >= 0.3 is 0 Å². The van der Waals surface area contributed by atoms with Gasteiger partial charge in [-0.3, -0.25) is 0 Å². The Morgan fingerprint density at radius 3 is 1.62 bits per heavy atom. The Labute approximate surface area is 58.0 Å². The Morgan fingerprint density at radius 1 is 1.00 bits per heavy atom. The molecule has 0 atom stereocenters. The molecule has 0 aliphatic carbocycles. The Morgan fingerprint density at radius 2 is 1.50 bits per heavy atom. The smallest absolute Gasteiger partial charge is 0.0529 e. The molecule has 0 aliphatic rings. The van der Waals surface area contributed by atoms with Crippen LogP contribution in [0.1, 0.15) is 0 Å². The van der Waals surface area contributed by atoms with Crippen molar-refractivity contribution < 1.29 is 0 Å². The zero-order valence-electron chi connectivity index (χ0n) is 3.93. The SMILES string of the molecule is [P].[S].c1cnnnc1. The van der Waals surface area contributed by atoms with Gasteiger partial charge in [-0.15, -0.1) is 10.2 Å². The fourth-order valence-electron chi connectivity index (χ4n) is 0.205. The van der Waals surface area contributed by atoms with Crippen LogP contribution in [0.2, 0.25) is 0 Å². The van der Waals surface area contributed by atoms with Crippen LogP contribution in [0.4, 0.5) is 0 Å². The molecule has 0 spiro atoms. The molecule has 1 aromatic heterocycles. The van der Waals surface area contributed by atoms with Gasteiger partial charge < -0.3 is 0 Å². The van der Waals surface area contributed by atoms with Crippen LogP contribution in [0.3, 0.4) is 0 Å². The number of hydrogen-bond donors (Lipinski definition) is 0. The lowest BCUT2D eigenvalue weighted by atomic mass is 10.7. The van der Waals surface area contributed by atoms with Gasteiger partial charge in [-0.1, -0.05) is 0 Å². The van der Waals surface area contributed by atoms with Crippen LogP contribution in [0.5, 0.6) is 0 Å². The standard InChI is InChI=1S/C3H3N3.P.S/c1-2-4-6-5-3-1;;/h1-3H;;. The highest BCUT2D eigenvalue weighted by molar-refractivity contribution is 7.59. The molecule has 5 radical (unpaired) electrons. The number of rotatable bonds is 0. The van der Waals surface area contributed by atoms with Crippen LogP contribution >= 0.6 is 23.4 Å². The fraction of sp³-hybridized carbons (Fsp3) is 0. The number of nitrogens with zero attached hydrogens (tertiary/aromatic N) is 3. The molecule has 0 saturated heterocycles. The average molecular weight is 144 g/mol. The Bertz CT molecular complexity index is 86.5. The summed E-state index contributed by atoms with van der Waals surface area (Å²) in [5.41, 5.74) is 0. The van der Waals surface area contributed by atoms with Crippen LogP contribution in [-0.2, 0) is 0 Å². The maximum absolute atomic E-state index is 3.42. The quantitative estimate of drug-likeness (QED) is 0.516. The molecule has 5 heteroatoms. The molecule has 0 bridgehead atoms. The zero-order valence-corrected chi connectivity index (χ0v) is 5.64. The van der Waals surface area contributed by atoms with Crippen LogP contribution in [0, 0.1) is 0 Å². The molecule has 41 valence electrons. The van der Waals surface area contributed by atoms with Crippen LogP contribution < -0.4 is 0 Å². The lowest BCUT2D eigenvalue weighted by Gasteiger charge is -1.68. The van der Waals surface area contributed by atoms with E-state index in [1.807, 2.05) is 0 Å². The van der Waals surface area contributed by atoms with E-state index in [1.54, 1.807) is 18.5 Å². The molecule has 8 heavy (non-hydrogen) atoms. The summed E-state index contributed by atoms with van der Waals surface area (Å²) < 4.78 is 0. The van der Waals surface area contributed by atoms with E-state index in [-0.39, 0.29) is 23.4 Å². The molecular weight excluding hydrogens is 141 g/mol. The predicted octanol–water partition coefficient (Wildman–Crippen LogP) is 1.38. The zero-order chi connectivity index (χ0) is 4.24. The molecule has 1 aromatic rings. The Balaban J connectivity index is 0. The maximum Gasteiger partial charge on any atom is 0.0529 e. The molecule has 3 nitrogen and oxygen atoms in total. The summed E-state index contributed by atoms with van der Waals surface area (Å²) >= 11 is 0. The minimum atomic E-state index is 0. The van der Waals surface area contributed by atoms with E-state index >= 15 is 0 Å². The van der Waals surface area contributed by atoms with Crippen molar-refractivity contribution in [3.8, 4) is 0 Å². The van der Waals surface area contributed by atoms with Crippen molar-refractivity contribution >= 4 is 23.4 Å². The molecule has 0 unspecified atom stereocenters. The first kappa shape index (κ1) is 10.7. The van der Waals surface area contributed by atoms with Crippen molar-refractivity contribution in [2.75, 3.05) is 0 Å². The summed E-state index contributed by atoms with van der Waals surface area (Å²) in [7, 11) is 0. The van der Waals surface area contributed by atoms with Gasteiger partial charge in [0.05, 0.1) is 12.4 Å². The largest absolute Gasteiger partial charge is 0.139 e. The summed E-state index contributed by atoms with van der Waals surface area (Å²) in [4.78, 5) is 0. The van der Waals surface area contributed by atoms with Crippen LogP contribution in [-0.4, -0.2) is 15.4 Å². The molecule has 1 rings (SSSR count). The molecule has 1 heterocycles. The van der Waals surface area contributed by atoms with E-state index < -0.39 is 0 Å². The van der Waals surface area contributed by atoms with E-state index in [9.17, 15) is 0 Å². The molecule has 0 fully saturated rings. The first-order valence-electron chi connectivity index (χ1n) is 1.58. The molecule has 0 aromatic carbocycles. The van der Waals surface area contributed by atoms with Crippen molar-refractivity contribution in [3.63, 3.8) is 0 Å². The van der Waals surface area contributed by atoms with Crippen molar-refractivity contribution in [1.82, 2.24) is 15.4 Å². The van der Waals surface area contributed by atoms with Crippen molar-refractivity contribution in [1.29, 1.82) is 0 Å². The Hall–Kier alpha value is -0.210. The van der Waals surface area contributed by atoms with Crippen LogP contribution in [0.15, 0.2) is 18.5 Å². The van der Waals surface area contributed by atoms with Gasteiger partial charge in [-0.25, -0.2) is 0 Å². The first-order chi connectivity index (χ1) is 3.00. The Kier molecular flexibility index (Phi) is 9.09. The highest BCUT2D eigenvalue weighted by atomic mass is 32.1. The van der Waals surface area contributed by atoms with Gasteiger partial charge in [-0.05, 0) is 11.3 Å². The predicted molar refractivity (Wildman–Crippen MR) is 34.3 cm³/mol. The third kappa shape index (κ3) is 3.96. The lowest BCUT2D eigenvalue weighted by molar-refractivity contribution is 0.865. The highest BCUT2D eigenvalue weighted by Crippen LogP contribution is 1.61. The fourth-order valence-corrected chi connectivity index (χ4v) is 0.205. The molecular formula is C3H3N3PS. The maximum atomic E-state index is 3.42. The summed E-state index contributed by atoms with van der Waals surface area (Å²) in [6.45, 7) is 0. The minimum absolute atomic E-state index is 0. The first-order valence-corrected chi connectivity index (χ1v) is 1.58. The summed E-state index contributed by atoms with van der Waals surface area (Å²) in [6.07, 6.45) is 3.15. The molecule has 0 saturated carbocycles. The van der Waals surface area contributed by atoms with E-state index in [4.69, 9.17) is 0 Å². The van der Waals surface area contributed by atoms with E-state index in [0.29, 0.717) is 0 Å². The third-order valence-electron chi connectivity index (χ3n) is 0.409. The minimum Gasteiger partial charge on any atom is -0.139 e. The normalized spacial score (nSPS) is 6.00. The van der Waals surface area contributed by atoms with Gasteiger partial charge in [0, 0.05) is 23.4 Å². The van der Waals surface area contributed by atoms with Crippen molar-refractivity contribution in [2.45, 2.75) is 0 Å². The second-order valence-corrected chi connectivity index (χ2v) is 0.811. The van der Waals surface area contributed by atoms with E-state index in [1.165, 1.54) is 0 Å². The van der Waals surface area contributed by atoms with Crippen molar-refractivity contribution in [2.24, 2.45) is 0 Å². The number of aromatic nitrogens is 3. The monoisotopic (exact) mass is 144 g/mol. The lowest BCUT2D eigenvalue weighted by Crippen LogP contribution is -1.78. The average Bonchev–Trinajstić information content (AvgIpc) is 1.72. The molecule has 0 aliphatic heterocycles. The number of hydrogen-bond acceptors (Lipinski definition) is 3. The van der Waals surface area contributed by atoms with Crippen LogP contribution in [0.25, 0.3) is 0 Å². The van der Waals surface area contributed by atoms with Gasteiger partial charge in [0.2, 0.25) is 0 Å². The summed E-state index contributed by atoms with van der Waals surface area (Å²) in [5, 5.41) is 10.1. The van der Waals surface area contributed by atoms with Crippen molar-refractivity contribution in [3.05, 3.63) is 18.5 Å². The second kappa shape index (κ2) is 6.79. The summed E-state index contributed by atoms with van der Waals surface area (Å²) in [5.74, 6) is 0. The topological polar surface area (TPSA) is 38.7 Å². The van der Waals surface area contributed by atoms with Gasteiger partial charge in [0.25, 0.3) is 0 Å². The van der Waals surface area contributed by atoms with Gasteiger partial charge in [0.15, 0.2) is 0 Å². The molecule has 0 N–H and O–H groups in total. The second-order valence-electron chi connectivity index (χ2n) is 0.811. The molecule has 0 amide bonds. The van der Waals surface area contributed by atoms with E-state index in [0.717, 1.165) is 0 Å². The van der Waals surface area contributed by atoms with Gasteiger partial charge in [-0.2, -0.15) is 0 Å².